The van der Waals surface area contributed by atoms with Crippen molar-refractivity contribution in [3.63, 3.8) is 0 Å². The molecule has 142 valence electrons. The minimum atomic E-state index is -0.294. The molecule has 4 nitrogen and oxygen atoms in total. The Kier molecular flexibility index (Phi) is 5.78. The average Bonchev–Trinajstić information content (AvgIpc) is 2.96. The van der Waals surface area contributed by atoms with Gasteiger partial charge in [-0.25, -0.2) is 0 Å². The molecule has 0 fully saturated rings. The molecule has 0 saturated heterocycles. The van der Waals surface area contributed by atoms with Crippen LogP contribution in [0.3, 0.4) is 0 Å². The summed E-state index contributed by atoms with van der Waals surface area (Å²) in [6.45, 7) is 6.63. The predicted octanol–water partition coefficient (Wildman–Crippen LogP) is 5.44. The van der Waals surface area contributed by atoms with Gasteiger partial charge in [-0.05, 0) is 48.3 Å². The Bertz CT molecular complexity index is 893. The smallest absolute Gasteiger partial charge is 0.262 e. The lowest BCUT2D eigenvalue weighted by Crippen LogP contribution is -2.26. The highest BCUT2D eigenvalue weighted by molar-refractivity contribution is 7.16. The Labute approximate surface area is 169 Å². The predicted molar refractivity (Wildman–Crippen MR) is 110 cm³/mol. The molecular weight excluding hydrogens is 380 g/mol. The molecule has 0 bridgehead atoms. The summed E-state index contributed by atoms with van der Waals surface area (Å²) in [5.41, 5.74) is 1.94. The molecule has 1 aliphatic carbocycles. The summed E-state index contributed by atoms with van der Waals surface area (Å²) >= 11 is 7.56. The molecule has 2 aromatic rings. The molecule has 3 rings (SSSR count). The summed E-state index contributed by atoms with van der Waals surface area (Å²) in [5, 5.41) is 13.5. The molecule has 1 N–H and O–H groups in total. The highest BCUT2D eigenvalue weighted by atomic mass is 35.5. The van der Waals surface area contributed by atoms with Gasteiger partial charge >= 0.3 is 0 Å². The molecule has 1 atom stereocenters. The van der Waals surface area contributed by atoms with Crippen LogP contribution in [0.1, 0.15) is 43.2 Å². The number of amides is 1. The largest absolute Gasteiger partial charge is 0.482 e. The van der Waals surface area contributed by atoms with Gasteiger partial charge < -0.3 is 10.1 Å². The number of carbonyl (C=O) groups is 1. The molecule has 1 aromatic carbocycles. The number of carbonyl (C=O) groups excluding carboxylic acids is 1. The zero-order valence-electron chi connectivity index (χ0n) is 15.8. The first-order chi connectivity index (χ1) is 12.8. The van der Waals surface area contributed by atoms with E-state index in [4.69, 9.17) is 16.3 Å². The minimum absolute atomic E-state index is 0.151. The fourth-order valence-electron chi connectivity index (χ4n) is 3.40. The van der Waals surface area contributed by atoms with E-state index in [1.54, 1.807) is 24.3 Å². The number of hydrogen-bond donors (Lipinski definition) is 1. The van der Waals surface area contributed by atoms with Crippen LogP contribution in [0, 0.1) is 22.7 Å². The van der Waals surface area contributed by atoms with Crippen molar-refractivity contribution in [2.24, 2.45) is 11.3 Å². The highest BCUT2D eigenvalue weighted by Gasteiger charge is 2.32. The topological polar surface area (TPSA) is 62.1 Å². The van der Waals surface area contributed by atoms with Crippen molar-refractivity contribution in [3.05, 3.63) is 45.3 Å². The van der Waals surface area contributed by atoms with Crippen molar-refractivity contribution in [2.75, 3.05) is 11.9 Å². The van der Waals surface area contributed by atoms with Crippen LogP contribution < -0.4 is 10.1 Å². The lowest BCUT2D eigenvalue weighted by Gasteiger charge is -2.33. The number of ether oxygens (including phenoxy) is 1. The zero-order chi connectivity index (χ0) is 19.6. The molecule has 1 heterocycles. The SMILES string of the molecule is CC(C)(C)[C@@H]1CCc2c(sc(NC(=O)COc3ccccc3Cl)c2C#N)C1. The third kappa shape index (κ3) is 4.45. The van der Waals surface area contributed by atoms with Crippen LogP contribution in [0.2, 0.25) is 5.02 Å². The first-order valence-electron chi connectivity index (χ1n) is 9.01. The summed E-state index contributed by atoms with van der Waals surface area (Å²) in [5.74, 6) is 0.757. The van der Waals surface area contributed by atoms with Crippen LogP contribution in [-0.2, 0) is 17.6 Å². The molecule has 0 unspecified atom stereocenters. The number of fused-ring (bicyclic) bond motifs is 1. The van der Waals surface area contributed by atoms with Crippen molar-refractivity contribution in [1.29, 1.82) is 5.26 Å². The summed E-state index contributed by atoms with van der Waals surface area (Å²) in [4.78, 5) is 13.5. The second kappa shape index (κ2) is 7.92. The number of nitriles is 1. The van der Waals surface area contributed by atoms with Gasteiger partial charge in [-0.2, -0.15) is 5.26 Å². The third-order valence-electron chi connectivity index (χ3n) is 5.05. The van der Waals surface area contributed by atoms with E-state index in [2.05, 4.69) is 32.2 Å². The molecule has 0 spiro atoms. The van der Waals surface area contributed by atoms with E-state index in [1.807, 2.05) is 0 Å². The number of thiophene rings is 1. The van der Waals surface area contributed by atoms with E-state index in [9.17, 15) is 10.1 Å². The van der Waals surface area contributed by atoms with Crippen LogP contribution in [0.25, 0.3) is 0 Å². The Morgan fingerprint density at radius 2 is 2.15 bits per heavy atom. The van der Waals surface area contributed by atoms with Crippen molar-refractivity contribution in [2.45, 2.75) is 40.0 Å². The Morgan fingerprint density at radius 3 is 2.81 bits per heavy atom. The number of benzene rings is 1. The van der Waals surface area contributed by atoms with E-state index in [0.29, 0.717) is 27.3 Å². The third-order valence-corrected chi connectivity index (χ3v) is 6.53. The van der Waals surface area contributed by atoms with Gasteiger partial charge in [-0.3, -0.25) is 4.79 Å². The van der Waals surface area contributed by atoms with Crippen LogP contribution in [-0.4, -0.2) is 12.5 Å². The van der Waals surface area contributed by atoms with E-state index < -0.39 is 0 Å². The van der Waals surface area contributed by atoms with Crippen LogP contribution >= 0.6 is 22.9 Å². The van der Waals surface area contributed by atoms with Crippen LogP contribution in [0.4, 0.5) is 5.00 Å². The van der Waals surface area contributed by atoms with E-state index in [1.165, 1.54) is 16.2 Å². The number of nitrogens with one attached hydrogen (secondary N) is 1. The van der Waals surface area contributed by atoms with Crippen molar-refractivity contribution in [3.8, 4) is 11.8 Å². The number of hydrogen-bond acceptors (Lipinski definition) is 4. The lowest BCUT2D eigenvalue weighted by atomic mass is 9.72. The van der Waals surface area contributed by atoms with Gasteiger partial charge in [0, 0.05) is 4.88 Å². The van der Waals surface area contributed by atoms with Gasteiger partial charge in [0.05, 0.1) is 10.6 Å². The van der Waals surface area contributed by atoms with Gasteiger partial charge in [-0.15, -0.1) is 11.3 Å². The van der Waals surface area contributed by atoms with Crippen molar-refractivity contribution >= 4 is 33.8 Å². The summed E-state index contributed by atoms with van der Waals surface area (Å²) in [6.07, 6.45) is 2.93. The molecule has 1 aromatic heterocycles. The first kappa shape index (κ1) is 19.7. The van der Waals surface area contributed by atoms with Crippen LogP contribution in [0.5, 0.6) is 5.75 Å². The van der Waals surface area contributed by atoms with E-state index in [-0.39, 0.29) is 17.9 Å². The molecule has 0 radical (unpaired) electrons. The Hall–Kier alpha value is -2.03. The van der Waals surface area contributed by atoms with Crippen LogP contribution in [0.15, 0.2) is 24.3 Å². The lowest BCUT2D eigenvalue weighted by molar-refractivity contribution is -0.118. The molecular formula is C21H23ClN2O2S. The summed E-state index contributed by atoms with van der Waals surface area (Å²) in [7, 11) is 0. The first-order valence-corrected chi connectivity index (χ1v) is 10.2. The molecule has 0 aliphatic heterocycles. The molecule has 0 saturated carbocycles. The van der Waals surface area contributed by atoms with Crippen molar-refractivity contribution in [1.82, 2.24) is 0 Å². The van der Waals surface area contributed by atoms with Gasteiger partial charge in [-0.1, -0.05) is 44.5 Å². The number of nitrogens with zero attached hydrogens (tertiary/aromatic N) is 1. The van der Waals surface area contributed by atoms with Crippen molar-refractivity contribution < 1.29 is 9.53 Å². The zero-order valence-corrected chi connectivity index (χ0v) is 17.3. The van der Waals surface area contributed by atoms with Gasteiger partial charge in [0.15, 0.2) is 6.61 Å². The number of rotatable bonds is 4. The monoisotopic (exact) mass is 402 g/mol. The number of halogens is 1. The maximum atomic E-state index is 12.3. The Morgan fingerprint density at radius 1 is 1.41 bits per heavy atom. The second-order valence-electron chi connectivity index (χ2n) is 7.89. The van der Waals surface area contributed by atoms with E-state index >= 15 is 0 Å². The maximum absolute atomic E-state index is 12.3. The number of anilines is 1. The fraction of sp³-hybridized carbons (Fsp3) is 0.429. The number of para-hydroxylation sites is 1. The van der Waals surface area contributed by atoms with E-state index in [0.717, 1.165) is 24.8 Å². The minimum Gasteiger partial charge on any atom is -0.482 e. The Balaban J connectivity index is 1.71. The summed E-state index contributed by atoms with van der Waals surface area (Å²) in [6, 6.07) is 9.30. The quantitative estimate of drug-likeness (QED) is 0.740. The average molecular weight is 403 g/mol. The molecule has 6 heteroatoms. The maximum Gasteiger partial charge on any atom is 0.262 e. The molecule has 1 amide bonds. The van der Waals surface area contributed by atoms with Gasteiger partial charge in [0.2, 0.25) is 0 Å². The standard InChI is InChI=1S/C21H23ClN2O2S/c1-21(2,3)13-8-9-14-15(11-23)20(27-18(14)10-13)24-19(25)12-26-17-7-5-4-6-16(17)22/h4-7,13H,8-10,12H2,1-3H3,(H,24,25)/t13-/m1/s1. The normalized spacial score (nSPS) is 16.3. The van der Waals surface area contributed by atoms with Gasteiger partial charge in [0.25, 0.3) is 5.91 Å². The molecule has 1 aliphatic rings. The highest BCUT2D eigenvalue weighted by Crippen LogP contribution is 2.43. The summed E-state index contributed by atoms with van der Waals surface area (Å²) < 4.78 is 5.49. The second-order valence-corrected chi connectivity index (χ2v) is 9.41. The van der Waals surface area contributed by atoms with Gasteiger partial charge in [0.1, 0.15) is 16.8 Å². The molecule has 27 heavy (non-hydrogen) atoms. The fourth-order valence-corrected chi connectivity index (χ4v) is 4.88.